The molecule has 0 radical (unpaired) electrons. The molecule has 0 amide bonds. The maximum atomic E-state index is 5.94. The van der Waals surface area contributed by atoms with Crippen LogP contribution >= 0.6 is 0 Å². The Morgan fingerprint density at radius 3 is 3.00 bits per heavy atom. The molecule has 1 aliphatic heterocycles. The molecule has 2 rings (SSSR count). The van der Waals surface area contributed by atoms with E-state index >= 15 is 0 Å². The number of ether oxygens (including phenoxy) is 2. The van der Waals surface area contributed by atoms with Crippen LogP contribution in [0.4, 0.5) is 0 Å². The van der Waals surface area contributed by atoms with Gasteiger partial charge in [-0.1, -0.05) is 12.1 Å². The summed E-state index contributed by atoms with van der Waals surface area (Å²) < 4.78 is 11.7. The SMILES string of the molecule is CCNC(=NCC(C)Oc1cccc(C)c1)NCC1CN(C)CCO1. The second-order valence-corrected chi connectivity index (χ2v) is 6.60. The molecule has 1 aromatic carbocycles. The van der Waals surface area contributed by atoms with Crippen LogP contribution in [-0.4, -0.2) is 69.4 Å². The van der Waals surface area contributed by atoms with E-state index in [1.54, 1.807) is 0 Å². The van der Waals surface area contributed by atoms with Crippen molar-refractivity contribution in [1.29, 1.82) is 0 Å². The zero-order valence-electron chi connectivity index (χ0n) is 15.9. The van der Waals surface area contributed by atoms with Crippen LogP contribution in [-0.2, 0) is 4.74 Å². The topological polar surface area (TPSA) is 58.1 Å². The van der Waals surface area contributed by atoms with Crippen molar-refractivity contribution in [3.8, 4) is 5.75 Å². The lowest BCUT2D eigenvalue weighted by Crippen LogP contribution is -2.48. The summed E-state index contributed by atoms with van der Waals surface area (Å²) in [5.74, 6) is 1.69. The van der Waals surface area contributed by atoms with Crippen molar-refractivity contribution in [3.05, 3.63) is 29.8 Å². The number of hydrogen-bond acceptors (Lipinski definition) is 4. The van der Waals surface area contributed by atoms with Crippen molar-refractivity contribution in [3.63, 3.8) is 0 Å². The van der Waals surface area contributed by atoms with Crippen LogP contribution in [0.5, 0.6) is 5.75 Å². The number of aryl methyl sites for hydroxylation is 1. The van der Waals surface area contributed by atoms with Crippen molar-refractivity contribution >= 4 is 5.96 Å². The van der Waals surface area contributed by atoms with Gasteiger partial charge in [0.25, 0.3) is 0 Å². The average Bonchev–Trinajstić information content (AvgIpc) is 2.57. The largest absolute Gasteiger partial charge is 0.489 e. The van der Waals surface area contributed by atoms with E-state index in [1.807, 2.05) is 25.1 Å². The Morgan fingerprint density at radius 2 is 2.28 bits per heavy atom. The van der Waals surface area contributed by atoms with Gasteiger partial charge < -0.3 is 25.0 Å². The summed E-state index contributed by atoms with van der Waals surface area (Å²) in [4.78, 5) is 6.93. The Kier molecular flexibility index (Phi) is 8.01. The number of likely N-dealkylation sites (N-methyl/N-ethyl adjacent to an activating group) is 1. The summed E-state index contributed by atoms with van der Waals surface area (Å²) in [5.41, 5.74) is 1.20. The fourth-order valence-corrected chi connectivity index (χ4v) is 2.72. The fraction of sp³-hybridized carbons (Fsp3) is 0.632. The minimum Gasteiger partial charge on any atom is -0.489 e. The van der Waals surface area contributed by atoms with Gasteiger partial charge >= 0.3 is 0 Å². The predicted octanol–water partition coefficient (Wildman–Crippen LogP) is 1.65. The van der Waals surface area contributed by atoms with Gasteiger partial charge in [-0.3, -0.25) is 0 Å². The summed E-state index contributed by atoms with van der Waals surface area (Å²) in [6.45, 7) is 11.1. The molecule has 2 N–H and O–H groups in total. The molecule has 1 fully saturated rings. The molecule has 0 spiro atoms. The highest BCUT2D eigenvalue weighted by Crippen LogP contribution is 2.14. The number of morpholine rings is 1. The highest BCUT2D eigenvalue weighted by molar-refractivity contribution is 5.79. The molecule has 1 aliphatic rings. The molecule has 6 nitrogen and oxygen atoms in total. The molecule has 6 heteroatoms. The molecule has 0 aliphatic carbocycles. The van der Waals surface area contributed by atoms with Crippen LogP contribution in [0, 0.1) is 6.92 Å². The molecule has 1 heterocycles. The van der Waals surface area contributed by atoms with Gasteiger partial charge in [-0.25, -0.2) is 4.99 Å². The van der Waals surface area contributed by atoms with Gasteiger partial charge in [-0.15, -0.1) is 0 Å². The van der Waals surface area contributed by atoms with Crippen molar-refractivity contribution in [2.24, 2.45) is 4.99 Å². The van der Waals surface area contributed by atoms with Crippen LogP contribution in [0.15, 0.2) is 29.3 Å². The highest BCUT2D eigenvalue weighted by Gasteiger charge is 2.17. The first-order valence-electron chi connectivity index (χ1n) is 9.12. The zero-order chi connectivity index (χ0) is 18.1. The van der Waals surface area contributed by atoms with Crippen molar-refractivity contribution in [2.75, 3.05) is 46.4 Å². The second kappa shape index (κ2) is 10.3. The number of nitrogens with zero attached hydrogens (tertiary/aromatic N) is 2. The normalized spacial score (nSPS) is 20.2. The molecular weight excluding hydrogens is 316 g/mol. The molecule has 0 aromatic heterocycles. The number of hydrogen-bond donors (Lipinski definition) is 2. The number of benzene rings is 1. The molecule has 1 saturated heterocycles. The quantitative estimate of drug-likeness (QED) is 0.580. The Hall–Kier alpha value is -1.79. The van der Waals surface area contributed by atoms with Gasteiger partial charge in [-0.05, 0) is 45.5 Å². The monoisotopic (exact) mass is 348 g/mol. The van der Waals surface area contributed by atoms with E-state index in [1.165, 1.54) is 5.56 Å². The van der Waals surface area contributed by atoms with Crippen molar-refractivity contribution in [1.82, 2.24) is 15.5 Å². The summed E-state index contributed by atoms with van der Waals surface area (Å²) in [7, 11) is 2.12. The second-order valence-electron chi connectivity index (χ2n) is 6.60. The molecule has 0 bridgehead atoms. The smallest absolute Gasteiger partial charge is 0.191 e. The molecule has 140 valence electrons. The minimum absolute atomic E-state index is 0.00863. The van der Waals surface area contributed by atoms with Gasteiger partial charge in [0.05, 0.1) is 19.3 Å². The van der Waals surface area contributed by atoms with Crippen molar-refractivity contribution in [2.45, 2.75) is 33.0 Å². The number of nitrogens with one attached hydrogen (secondary N) is 2. The van der Waals surface area contributed by atoms with E-state index in [4.69, 9.17) is 9.47 Å². The van der Waals surface area contributed by atoms with Gasteiger partial charge in [0.2, 0.25) is 0 Å². The van der Waals surface area contributed by atoms with Crippen LogP contribution in [0.25, 0.3) is 0 Å². The summed E-state index contributed by atoms with van der Waals surface area (Å²) in [5, 5.41) is 6.65. The molecular formula is C19H32N4O2. The van der Waals surface area contributed by atoms with Gasteiger partial charge in [0.15, 0.2) is 5.96 Å². The maximum Gasteiger partial charge on any atom is 0.191 e. The lowest BCUT2D eigenvalue weighted by molar-refractivity contribution is -0.0161. The fourth-order valence-electron chi connectivity index (χ4n) is 2.72. The van der Waals surface area contributed by atoms with E-state index < -0.39 is 0 Å². The van der Waals surface area contributed by atoms with E-state index in [2.05, 4.69) is 47.5 Å². The summed E-state index contributed by atoms with van der Waals surface area (Å²) >= 11 is 0. The standard InChI is InChI=1S/C19H32N4O2/c1-5-20-19(22-13-18-14-23(4)9-10-24-18)21-12-16(3)25-17-8-6-7-15(2)11-17/h6-8,11,16,18H,5,9-10,12-14H2,1-4H3,(H2,20,21,22). The van der Waals surface area contributed by atoms with Gasteiger partial charge in [-0.2, -0.15) is 0 Å². The number of rotatable bonds is 7. The third-order valence-electron chi connectivity index (χ3n) is 4.02. The van der Waals surface area contributed by atoms with E-state index in [0.717, 1.165) is 44.5 Å². The molecule has 0 saturated carbocycles. The summed E-state index contributed by atoms with van der Waals surface area (Å²) in [6, 6.07) is 8.09. The molecule has 1 aromatic rings. The lowest BCUT2D eigenvalue weighted by atomic mass is 10.2. The number of aliphatic imine (C=N–C) groups is 1. The van der Waals surface area contributed by atoms with E-state index in [0.29, 0.717) is 6.54 Å². The average molecular weight is 348 g/mol. The molecule has 2 atom stereocenters. The Bertz CT molecular complexity index is 550. The third-order valence-corrected chi connectivity index (χ3v) is 4.02. The highest BCUT2D eigenvalue weighted by atomic mass is 16.5. The van der Waals surface area contributed by atoms with Crippen LogP contribution in [0.2, 0.25) is 0 Å². The van der Waals surface area contributed by atoms with Gasteiger partial charge in [0.1, 0.15) is 11.9 Å². The number of guanidine groups is 1. The Balaban J connectivity index is 1.81. The van der Waals surface area contributed by atoms with Crippen LogP contribution in [0.3, 0.4) is 0 Å². The predicted molar refractivity (Wildman–Crippen MR) is 102 cm³/mol. The van der Waals surface area contributed by atoms with E-state index in [9.17, 15) is 0 Å². The Morgan fingerprint density at radius 1 is 1.44 bits per heavy atom. The summed E-state index contributed by atoms with van der Waals surface area (Å²) in [6.07, 6.45) is 0.206. The van der Waals surface area contributed by atoms with E-state index in [-0.39, 0.29) is 12.2 Å². The maximum absolute atomic E-state index is 5.94. The molecule has 25 heavy (non-hydrogen) atoms. The zero-order valence-corrected chi connectivity index (χ0v) is 15.9. The first-order chi connectivity index (χ1) is 12.1. The van der Waals surface area contributed by atoms with Crippen LogP contribution in [0.1, 0.15) is 19.4 Å². The Labute approximate surface area is 151 Å². The first-order valence-corrected chi connectivity index (χ1v) is 9.12. The first kappa shape index (κ1) is 19.5. The third kappa shape index (κ3) is 7.32. The molecule has 2 unspecified atom stereocenters. The van der Waals surface area contributed by atoms with Crippen molar-refractivity contribution < 1.29 is 9.47 Å². The lowest BCUT2D eigenvalue weighted by Gasteiger charge is -2.30. The van der Waals surface area contributed by atoms with Crippen LogP contribution < -0.4 is 15.4 Å². The minimum atomic E-state index is 0.00863. The van der Waals surface area contributed by atoms with Gasteiger partial charge in [0, 0.05) is 26.2 Å².